The number of likely N-dealkylation sites (N-methyl/N-ethyl adjacent to an activating group) is 1. The molecule has 0 bridgehead atoms. The van der Waals surface area contributed by atoms with E-state index in [1.165, 1.54) is 4.90 Å². The van der Waals surface area contributed by atoms with E-state index in [9.17, 15) is 19.7 Å². The first-order valence-electron chi connectivity index (χ1n) is 13.8. The fourth-order valence-corrected chi connectivity index (χ4v) is 5.42. The molecule has 4 rings (SSSR count). The number of nitrogens with zero attached hydrogens (tertiary/aromatic N) is 3. The Morgan fingerprint density at radius 1 is 0.976 bits per heavy atom. The van der Waals surface area contributed by atoms with Gasteiger partial charge in [-0.2, -0.15) is 0 Å². The van der Waals surface area contributed by atoms with Crippen molar-refractivity contribution in [3.05, 3.63) is 118 Å². The van der Waals surface area contributed by atoms with Crippen LogP contribution in [0.25, 0.3) is 0 Å². The van der Waals surface area contributed by atoms with Gasteiger partial charge in [-0.25, -0.2) is 9.69 Å². The van der Waals surface area contributed by atoms with Crippen molar-refractivity contribution in [3.8, 4) is 0 Å². The maximum atomic E-state index is 13.3. The third kappa shape index (κ3) is 7.49. The SMILES string of the molecule is CN(C(=O)OC(C)(C)C)C1CN(C(c2ccccc2)c2ccccc2)C([N+](=O)[O-])CC1CNC(=O)c1ccccc1. The zero-order valence-electron chi connectivity index (χ0n) is 24.0. The summed E-state index contributed by atoms with van der Waals surface area (Å²) in [5.74, 6) is -0.658. The van der Waals surface area contributed by atoms with E-state index in [4.69, 9.17) is 4.74 Å². The van der Waals surface area contributed by atoms with Crippen LogP contribution in [0.1, 0.15) is 54.7 Å². The quantitative estimate of drug-likeness (QED) is 0.295. The highest BCUT2D eigenvalue weighted by Gasteiger charge is 2.48. The lowest BCUT2D eigenvalue weighted by molar-refractivity contribution is -0.559. The van der Waals surface area contributed by atoms with Gasteiger partial charge in [0, 0.05) is 43.0 Å². The van der Waals surface area contributed by atoms with Crippen LogP contribution in [0.5, 0.6) is 0 Å². The Morgan fingerprint density at radius 2 is 1.49 bits per heavy atom. The monoisotopic (exact) mass is 558 g/mol. The van der Waals surface area contributed by atoms with Crippen molar-refractivity contribution in [2.24, 2.45) is 5.92 Å². The van der Waals surface area contributed by atoms with Gasteiger partial charge < -0.3 is 15.0 Å². The van der Waals surface area contributed by atoms with Crippen LogP contribution in [0, 0.1) is 16.0 Å². The second kappa shape index (κ2) is 13.0. The van der Waals surface area contributed by atoms with E-state index in [1.807, 2.05) is 71.6 Å². The van der Waals surface area contributed by atoms with Gasteiger partial charge in [0.25, 0.3) is 12.1 Å². The minimum absolute atomic E-state index is 0.135. The maximum absolute atomic E-state index is 13.3. The molecule has 0 saturated carbocycles. The van der Waals surface area contributed by atoms with Crippen LogP contribution < -0.4 is 5.32 Å². The smallest absolute Gasteiger partial charge is 0.410 e. The first-order valence-corrected chi connectivity index (χ1v) is 13.8. The molecule has 0 aliphatic carbocycles. The Bertz CT molecular complexity index is 1270. The molecular formula is C32H38N4O5. The Kier molecular flexibility index (Phi) is 9.39. The van der Waals surface area contributed by atoms with Crippen LogP contribution in [0.2, 0.25) is 0 Å². The van der Waals surface area contributed by atoms with Gasteiger partial charge in [0.2, 0.25) is 0 Å². The summed E-state index contributed by atoms with van der Waals surface area (Å²) < 4.78 is 5.68. The number of nitro groups is 1. The molecule has 3 aromatic rings. The molecule has 41 heavy (non-hydrogen) atoms. The molecular weight excluding hydrogens is 520 g/mol. The van der Waals surface area contributed by atoms with Crippen molar-refractivity contribution in [3.63, 3.8) is 0 Å². The van der Waals surface area contributed by atoms with Gasteiger partial charge in [-0.15, -0.1) is 0 Å². The number of ether oxygens (including phenoxy) is 1. The van der Waals surface area contributed by atoms with Crippen LogP contribution >= 0.6 is 0 Å². The minimum atomic E-state index is -1.04. The van der Waals surface area contributed by atoms with Crippen LogP contribution in [0.4, 0.5) is 4.79 Å². The zero-order chi connectivity index (χ0) is 29.6. The number of benzene rings is 3. The molecule has 1 heterocycles. The van der Waals surface area contributed by atoms with E-state index in [1.54, 1.807) is 52.1 Å². The van der Waals surface area contributed by atoms with E-state index >= 15 is 0 Å². The molecule has 1 aliphatic heterocycles. The van der Waals surface area contributed by atoms with Crippen LogP contribution in [-0.4, -0.2) is 64.7 Å². The topological polar surface area (TPSA) is 105 Å². The van der Waals surface area contributed by atoms with Crippen LogP contribution in [0.15, 0.2) is 91.0 Å². The molecule has 1 saturated heterocycles. The second-order valence-corrected chi connectivity index (χ2v) is 11.4. The first kappa shape index (κ1) is 29.7. The molecule has 3 atom stereocenters. The Hall–Kier alpha value is -4.24. The highest BCUT2D eigenvalue weighted by Crippen LogP contribution is 2.37. The third-order valence-electron chi connectivity index (χ3n) is 7.38. The molecule has 0 aromatic heterocycles. The zero-order valence-corrected chi connectivity index (χ0v) is 24.0. The van der Waals surface area contributed by atoms with Crippen molar-refractivity contribution in [1.29, 1.82) is 0 Å². The first-order chi connectivity index (χ1) is 19.5. The average molecular weight is 559 g/mol. The lowest BCUT2D eigenvalue weighted by Crippen LogP contribution is -2.61. The molecule has 9 nitrogen and oxygen atoms in total. The van der Waals surface area contributed by atoms with E-state index < -0.39 is 29.9 Å². The lowest BCUT2D eigenvalue weighted by Gasteiger charge is -2.46. The number of piperidine rings is 1. The molecule has 3 aromatic carbocycles. The molecule has 2 amide bonds. The summed E-state index contributed by atoms with van der Waals surface area (Å²) in [7, 11) is 1.66. The summed E-state index contributed by atoms with van der Waals surface area (Å²) in [5.41, 5.74) is 1.62. The third-order valence-corrected chi connectivity index (χ3v) is 7.38. The second-order valence-electron chi connectivity index (χ2n) is 11.4. The van der Waals surface area contributed by atoms with Gasteiger partial charge in [-0.3, -0.25) is 14.9 Å². The number of carbonyl (C=O) groups excluding carboxylic acids is 2. The van der Waals surface area contributed by atoms with Gasteiger partial charge >= 0.3 is 6.09 Å². The van der Waals surface area contributed by atoms with Crippen molar-refractivity contribution in [1.82, 2.24) is 15.1 Å². The Labute approximate surface area is 241 Å². The van der Waals surface area contributed by atoms with Crippen LogP contribution in [0.3, 0.4) is 0 Å². The maximum Gasteiger partial charge on any atom is 0.410 e. The van der Waals surface area contributed by atoms with E-state index in [-0.39, 0.29) is 36.3 Å². The number of amides is 2. The number of carbonyl (C=O) groups is 2. The number of hydrogen-bond acceptors (Lipinski definition) is 6. The summed E-state index contributed by atoms with van der Waals surface area (Å²) in [6, 6.07) is 27.3. The average Bonchev–Trinajstić information content (AvgIpc) is 2.96. The van der Waals surface area contributed by atoms with E-state index in [0.29, 0.717) is 5.56 Å². The fourth-order valence-electron chi connectivity index (χ4n) is 5.42. The summed E-state index contributed by atoms with van der Waals surface area (Å²) in [5, 5.41) is 15.6. The highest BCUT2D eigenvalue weighted by molar-refractivity contribution is 5.94. The normalized spacial score (nSPS) is 19.4. The highest BCUT2D eigenvalue weighted by atomic mass is 16.6. The predicted octanol–water partition coefficient (Wildman–Crippen LogP) is 5.37. The number of rotatable bonds is 8. The van der Waals surface area contributed by atoms with Crippen molar-refractivity contribution in [2.75, 3.05) is 20.1 Å². The van der Waals surface area contributed by atoms with Gasteiger partial charge in [0.1, 0.15) is 5.60 Å². The van der Waals surface area contributed by atoms with Crippen molar-refractivity contribution < 1.29 is 19.2 Å². The Balaban J connectivity index is 1.70. The molecule has 0 spiro atoms. The summed E-state index contributed by atoms with van der Waals surface area (Å²) in [6.45, 7) is 5.78. The van der Waals surface area contributed by atoms with Gasteiger partial charge in [0.15, 0.2) is 0 Å². The number of likely N-dealkylation sites (tertiary alicyclic amines) is 1. The van der Waals surface area contributed by atoms with Crippen molar-refractivity contribution >= 4 is 12.0 Å². The van der Waals surface area contributed by atoms with Gasteiger partial charge in [-0.1, -0.05) is 78.9 Å². The molecule has 1 N–H and O–H groups in total. The number of nitrogens with one attached hydrogen (secondary N) is 1. The fraction of sp³-hybridized carbons (Fsp3) is 0.375. The van der Waals surface area contributed by atoms with E-state index in [0.717, 1.165) is 11.1 Å². The Morgan fingerprint density at radius 3 is 1.98 bits per heavy atom. The van der Waals surface area contributed by atoms with Crippen molar-refractivity contribution in [2.45, 2.75) is 51.0 Å². The molecule has 3 unspecified atom stereocenters. The minimum Gasteiger partial charge on any atom is -0.444 e. The van der Waals surface area contributed by atoms with E-state index in [2.05, 4.69) is 5.32 Å². The largest absolute Gasteiger partial charge is 0.444 e. The molecule has 216 valence electrons. The summed E-state index contributed by atoms with van der Waals surface area (Å²) in [4.78, 5) is 41.9. The van der Waals surface area contributed by atoms with Gasteiger partial charge in [-0.05, 0) is 44.0 Å². The molecule has 9 heteroatoms. The lowest BCUT2D eigenvalue weighted by atomic mass is 9.85. The van der Waals surface area contributed by atoms with Gasteiger partial charge in [0.05, 0.1) is 12.1 Å². The molecule has 0 radical (unpaired) electrons. The van der Waals surface area contributed by atoms with Crippen LogP contribution in [-0.2, 0) is 4.74 Å². The number of hydrogen-bond donors (Lipinski definition) is 1. The summed E-state index contributed by atoms with van der Waals surface area (Å²) >= 11 is 0. The predicted molar refractivity (Wildman–Crippen MR) is 157 cm³/mol. The standard InChI is InChI=1S/C32H38N4O5/c1-32(2,3)41-31(38)34(4)27-22-35(29(23-14-8-5-9-15-23)24-16-10-6-11-17-24)28(36(39)40)20-26(27)21-33-30(37)25-18-12-7-13-19-25/h5-19,26-29H,20-22H2,1-4H3,(H,33,37). The molecule has 1 aliphatic rings. The molecule has 1 fully saturated rings. The summed E-state index contributed by atoms with van der Waals surface area (Å²) in [6.07, 6.45) is -1.42.